The predicted octanol–water partition coefficient (Wildman–Crippen LogP) is 10.5. The molecule has 41 heavy (non-hydrogen) atoms. The van der Waals surface area contributed by atoms with E-state index < -0.39 is 7.29 Å². The lowest BCUT2D eigenvalue weighted by Crippen LogP contribution is -2.15. The number of nitrogens with zero attached hydrogens (tertiary/aromatic N) is 1. The first-order chi connectivity index (χ1) is 19.7. The van der Waals surface area contributed by atoms with E-state index >= 15 is 0 Å². The summed E-state index contributed by atoms with van der Waals surface area (Å²) in [6.07, 6.45) is 12.6. The molecule has 1 aliphatic heterocycles. The van der Waals surface area contributed by atoms with Gasteiger partial charge in [0, 0.05) is 0 Å². The van der Waals surface area contributed by atoms with Crippen LogP contribution in [0.15, 0.2) is 121 Å². The molecule has 3 heteroatoms. The largest absolute Gasteiger partial charge is 0.305 e. The van der Waals surface area contributed by atoms with Crippen LogP contribution in [0.2, 0.25) is 0 Å². The number of benzene rings is 4. The Balaban J connectivity index is 0.000000195. The third-order valence-corrected chi connectivity index (χ3v) is 11.4. The van der Waals surface area contributed by atoms with Crippen LogP contribution in [-0.2, 0) is 4.57 Å². The summed E-state index contributed by atoms with van der Waals surface area (Å²) in [6.45, 7) is 8.36. The van der Waals surface area contributed by atoms with Crippen molar-refractivity contribution in [3.63, 3.8) is 0 Å². The van der Waals surface area contributed by atoms with Crippen LogP contribution in [0.5, 0.6) is 0 Å². The summed E-state index contributed by atoms with van der Waals surface area (Å²) < 4.78 is 16.0. The molecule has 210 valence electrons. The van der Waals surface area contributed by atoms with Crippen LogP contribution < -0.4 is 0 Å². The molecule has 0 aliphatic carbocycles. The second-order valence-electron chi connectivity index (χ2n) is 11.2. The molecule has 2 nitrogen and oxygen atoms in total. The van der Waals surface area contributed by atoms with E-state index in [4.69, 9.17) is 0 Å². The van der Waals surface area contributed by atoms with Crippen LogP contribution in [0.1, 0.15) is 55.8 Å². The zero-order valence-electron chi connectivity index (χ0n) is 25.2. The molecule has 1 unspecified atom stereocenters. The fraction of sp³-hybridized carbons (Fsp3) is 0.211. The molecule has 1 aliphatic rings. The van der Waals surface area contributed by atoms with Crippen LogP contribution in [0.4, 0.5) is 0 Å². The predicted molar refractivity (Wildman–Crippen MR) is 179 cm³/mol. The van der Waals surface area contributed by atoms with Gasteiger partial charge in [-0.05, 0) is 64.0 Å². The molecule has 3 atom stereocenters. The molecule has 0 aromatic heterocycles. The molecular weight excluding hydrogens is 517 g/mol. The van der Waals surface area contributed by atoms with Crippen LogP contribution >= 0.6 is 7.29 Å². The van der Waals surface area contributed by atoms with Crippen molar-refractivity contribution in [2.24, 2.45) is 0 Å². The Hall–Kier alpha value is -3.71. The second-order valence-corrected chi connectivity index (χ2v) is 14.4. The van der Waals surface area contributed by atoms with Gasteiger partial charge in [-0.15, -0.1) is 0 Å². The first-order valence-electron chi connectivity index (χ1n) is 14.2. The fourth-order valence-electron chi connectivity index (χ4n) is 4.99. The highest BCUT2D eigenvalue weighted by Gasteiger charge is 2.45. The van der Waals surface area contributed by atoms with Crippen molar-refractivity contribution in [2.45, 2.75) is 39.0 Å². The molecule has 0 amide bonds. The molecule has 4 aromatic carbocycles. The molecule has 1 heterocycles. The molecule has 0 radical (unpaired) electrons. The Kier molecular flexibility index (Phi) is 10.2. The van der Waals surface area contributed by atoms with E-state index in [1.807, 2.05) is 18.8 Å². The van der Waals surface area contributed by atoms with Crippen molar-refractivity contribution in [1.29, 1.82) is 0 Å². The van der Waals surface area contributed by atoms with Crippen LogP contribution in [-0.4, -0.2) is 18.8 Å². The van der Waals surface area contributed by atoms with Crippen molar-refractivity contribution in [3.8, 4) is 0 Å². The average molecular weight is 560 g/mol. The highest BCUT2D eigenvalue weighted by Crippen LogP contribution is 2.74. The lowest BCUT2D eigenvalue weighted by Gasteiger charge is -2.32. The second kappa shape index (κ2) is 13.8. The van der Waals surface area contributed by atoms with Gasteiger partial charge in [-0.1, -0.05) is 156 Å². The quantitative estimate of drug-likeness (QED) is 0.133. The van der Waals surface area contributed by atoms with Gasteiger partial charge in [0.25, 0.3) is 0 Å². The first-order valence-corrected chi connectivity index (χ1v) is 16.0. The van der Waals surface area contributed by atoms with Crippen molar-refractivity contribution >= 4 is 19.4 Å². The zero-order chi connectivity index (χ0) is 29.4. The van der Waals surface area contributed by atoms with Crippen LogP contribution in [0.25, 0.3) is 12.2 Å². The van der Waals surface area contributed by atoms with Gasteiger partial charge >= 0.3 is 0 Å². The van der Waals surface area contributed by atoms with Gasteiger partial charge in [0.1, 0.15) is 0 Å². The van der Waals surface area contributed by atoms with Crippen LogP contribution in [0.3, 0.4) is 0 Å². The summed E-state index contributed by atoms with van der Waals surface area (Å²) in [5.74, 6) is 0. The van der Waals surface area contributed by atoms with Gasteiger partial charge in [-0.25, -0.2) is 0 Å². The zero-order valence-corrected chi connectivity index (χ0v) is 26.1. The summed E-state index contributed by atoms with van der Waals surface area (Å²) in [6, 6.07) is 33.9. The normalized spacial score (nSPS) is 20.1. The molecular formula is C38H42NOP. The van der Waals surface area contributed by atoms with E-state index in [0.717, 1.165) is 11.1 Å². The maximum Gasteiger partial charge on any atom is 0.171 e. The molecule has 4 aromatic rings. The molecule has 0 spiro atoms. The average Bonchev–Trinajstić information content (AvgIpc) is 3.32. The third-order valence-electron chi connectivity index (χ3n) is 7.58. The van der Waals surface area contributed by atoms with Gasteiger partial charge in [-0.2, -0.15) is 0 Å². The highest BCUT2D eigenvalue weighted by atomic mass is 31.2. The standard InChI is InChI=1S/C20H24NOP.C18H18/c1-15-5-9-17(10-6-15)19-13-14-20(23(19,22)21(3)4)18-11-7-16(2)8-12-18;1-15-7-11-17(12-8-15)5-3-4-6-18-13-9-16(2)10-14-18/h5-14,19-20H,1-4H3;3-14H,1-2H3/b;5-3+,6-4+/t19-,20+,23?;. The fourth-order valence-corrected chi connectivity index (χ4v) is 8.22. The summed E-state index contributed by atoms with van der Waals surface area (Å²) >= 11 is 0. The summed E-state index contributed by atoms with van der Waals surface area (Å²) in [4.78, 5) is 0. The Morgan fingerprint density at radius 3 is 1.10 bits per heavy atom. The van der Waals surface area contributed by atoms with Crippen LogP contribution in [0, 0.1) is 27.7 Å². The summed E-state index contributed by atoms with van der Waals surface area (Å²) in [5.41, 5.74) is 9.70. The molecule has 0 saturated heterocycles. The van der Waals surface area contributed by atoms with Gasteiger partial charge in [0.15, 0.2) is 7.29 Å². The van der Waals surface area contributed by atoms with E-state index in [0.29, 0.717) is 0 Å². The Labute approximate surface area is 247 Å². The summed E-state index contributed by atoms with van der Waals surface area (Å²) in [5, 5.41) is 0. The molecule has 0 bridgehead atoms. The van der Waals surface area contributed by atoms with Crippen molar-refractivity contribution in [3.05, 3.63) is 166 Å². The smallest absolute Gasteiger partial charge is 0.171 e. The number of allylic oxidation sites excluding steroid dienone is 4. The number of hydrogen-bond donors (Lipinski definition) is 0. The van der Waals surface area contributed by atoms with E-state index in [1.165, 1.54) is 33.4 Å². The van der Waals surface area contributed by atoms with E-state index in [2.05, 4.69) is 161 Å². The topological polar surface area (TPSA) is 20.3 Å². The first kappa shape index (κ1) is 30.3. The van der Waals surface area contributed by atoms with Gasteiger partial charge in [-0.3, -0.25) is 4.67 Å². The Bertz CT molecular complexity index is 1430. The monoisotopic (exact) mass is 559 g/mol. The number of aryl methyl sites for hydroxylation is 4. The molecule has 0 saturated carbocycles. The Morgan fingerprint density at radius 2 is 0.805 bits per heavy atom. The molecule has 0 fully saturated rings. The lowest BCUT2D eigenvalue weighted by atomic mass is 10.1. The number of hydrogen-bond acceptors (Lipinski definition) is 1. The minimum Gasteiger partial charge on any atom is -0.305 e. The lowest BCUT2D eigenvalue weighted by molar-refractivity contribution is 0.505. The Morgan fingerprint density at radius 1 is 0.512 bits per heavy atom. The van der Waals surface area contributed by atoms with Crippen molar-refractivity contribution < 1.29 is 4.57 Å². The van der Waals surface area contributed by atoms with E-state index in [9.17, 15) is 4.57 Å². The van der Waals surface area contributed by atoms with Gasteiger partial charge < -0.3 is 4.57 Å². The third kappa shape index (κ3) is 7.73. The number of rotatable bonds is 6. The SMILES string of the molecule is Cc1ccc(/C=C/C=C/c2ccc(C)cc2)cc1.Cc1ccc([C@H]2C=C[C@@H](c3ccc(C)cc3)P2(=O)N(C)C)cc1. The molecule has 5 rings (SSSR count). The maximum atomic E-state index is 14.0. The van der Waals surface area contributed by atoms with E-state index in [-0.39, 0.29) is 11.3 Å². The minimum atomic E-state index is -2.61. The van der Waals surface area contributed by atoms with Gasteiger partial charge in [0.2, 0.25) is 0 Å². The maximum absolute atomic E-state index is 14.0. The van der Waals surface area contributed by atoms with Crippen molar-refractivity contribution in [1.82, 2.24) is 4.67 Å². The van der Waals surface area contributed by atoms with E-state index in [1.54, 1.807) is 0 Å². The van der Waals surface area contributed by atoms with Crippen molar-refractivity contribution in [2.75, 3.05) is 14.1 Å². The highest BCUT2D eigenvalue weighted by molar-refractivity contribution is 7.63. The summed E-state index contributed by atoms with van der Waals surface area (Å²) in [7, 11) is 1.27. The van der Waals surface area contributed by atoms with Gasteiger partial charge in [0.05, 0.1) is 11.3 Å². The minimum absolute atomic E-state index is 0.0376. The molecule has 0 N–H and O–H groups in total.